The van der Waals surface area contributed by atoms with Gasteiger partial charge in [-0.3, -0.25) is 4.72 Å². The van der Waals surface area contributed by atoms with Gasteiger partial charge in [-0.25, -0.2) is 4.79 Å². The third kappa shape index (κ3) is 6.42. The summed E-state index contributed by atoms with van der Waals surface area (Å²) in [6.45, 7) is 4.74. The van der Waals surface area contributed by atoms with Crippen molar-refractivity contribution in [2.45, 2.75) is 82.9 Å². The van der Waals surface area contributed by atoms with Crippen LogP contribution in [0.15, 0.2) is 22.4 Å². The number of sulfonamides is 1. The van der Waals surface area contributed by atoms with Gasteiger partial charge in [0.1, 0.15) is 11.8 Å². The lowest BCUT2D eigenvalue weighted by atomic mass is 9.95. The molecule has 208 valence electrons. The van der Waals surface area contributed by atoms with Gasteiger partial charge in [0.25, 0.3) is 5.13 Å². The van der Waals surface area contributed by atoms with E-state index in [2.05, 4.69) is 25.3 Å². The molecule has 4 rings (SSSR count). The number of ether oxygens (including phenoxy) is 1. The fourth-order valence-corrected chi connectivity index (χ4v) is 5.64. The predicted molar refractivity (Wildman–Crippen MR) is 137 cm³/mol. The minimum Gasteiger partial charge on any atom is -0.457 e. The Hall–Kier alpha value is -2.81. The van der Waals surface area contributed by atoms with Crippen LogP contribution in [-0.2, 0) is 21.2 Å². The molecule has 38 heavy (non-hydrogen) atoms. The Labute approximate surface area is 222 Å². The number of halogens is 3. The van der Waals surface area contributed by atoms with Crippen molar-refractivity contribution >= 4 is 49.5 Å². The molecule has 1 fully saturated rings. The van der Waals surface area contributed by atoms with Gasteiger partial charge in [-0.1, -0.05) is 24.7 Å². The second-order valence-corrected chi connectivity index (χ2v) is 12.0. The number of nitrogens with zero attached hydrogens (tertiary/aromatic N) is 5. The number of hydrogen-bond donors (Lipinski definition) is 1. The molecule has 0 bridgehead atoms. The Morgan fingerprint density at radius 3 is 2.63 bits per heavy atom. The standard InChI is InChI=1S/C23H29F3N6O4S2/c1-3-4-11-32-14(2)9-10-15-12-17(18(13-19(15)32)31-38(34,35)23(24,25)26)27-29-22-30-28-20(37-22)21(33)36-16-7-5-6-8-16/h12-14,16,31H,3-11H2,1-2H3. The summed E-state index contributed by atoms with van der Waals surface area (Å²) in [6.07, 6.45) is 6.67. The quantitative estimate of drug-likeness (QED) is 0.277. The van der Waals surface area contributed by atoms with Crippen LogP contribution in [0.4, 0.5) is 35.4 Å². The second-order valence-electron chi connectivity index (χ2n) is 9.39. The van der Waals surface area contributed by atoms with Crippen LogP contribution in [0.1, 0.15) is 74.2 Å². The molecule has 2 aromatic rings. The molecule has 1 saturated carbocycles. The molecular formula is C23H29F3N6O4S2. The first-order valence-corrected chi connectivity index (χ1v) is 14.8. The van der Waals surface area contributed by atoms with Crippen LogP contribution in [-0.4, -0.2) is 48.8 Å². The Morgan fingerprint density at radius 1 is 1.21 bits per heavy atom. The van der Waals surface area contributed by atoms with Gasteiger partial charge < -0.3 is 9.64 Å². The van der Waals surface area contributed by atoms with Crippen LogP contribution in [0.2, 0.25) is 0 Å². The van der Waals surface area contributed by atoms with E-state index in [1.807, 2.05) is 13.8 Å². The van der Waals surface area contributed by atoms with E-state index in [-0.39, 0.29) is 33.7 Å². The lowest BCUT2D eigenvalue weighted by Crippen LogP contribution is -2.38. The number of esters is 1. The smallest absolute Gasteiger partial charge is 0.457 e. The van der Waals surface area contributed by atoms with E-state index in [0.717, 1.165) is 61.8 Å². The molecule has 10 nitrogen and oxygen atoms in total. The molecular weight excluding hydrogens is 545 g/mol. The maximum atomic E-state index is 13.2. The molecule has 2 aliphatic rings. The molecule has 0 amide bonds. The molecule has 1 aliphatic carbocycles. The summed E-state index contributed by atoms with van der Waals surface area (Å²) in [6, 6.07) is 3.05. The molecule has 1 atom stereocenters. The number of aromatic nitrogens is 2. The number of aryl methyl sites for hydroxylation is 1. The molecule has 15 heteroatoms. The first-order chi connectivity index (χ1) is 18.0. The molecule has 1 N–H and O–H groups in total. The summed E-state index contributed by atoms with van der Waals surface area (Å²) in [5, 5.41) is 15.5. The Balaban J connectivity index is 1.64. The number of alkyl halides is 3. The van der Waals surface area contributed by atoms with Crippen LogP contribution < -0.4 is 9.62 Å². The largest absolute Gasteiger partial charge is 0.516 e. The van der Waals surface area contributed by atoms with E-state index < -0.39 is 21.5 Å². The van der Waals surface area contributed by atoms with Crippen LogP contribution in [0.3, 0.4) is 0 Å². The van der Waals surface area contributed by atoms with E-state index in [4.69, 9.17) is 4.74 Å². The normalized spacial score (nSPS) is 18.7. The zero-order valence-electron chi connectivity index (χ0n) is 21.0. The third-order valence-electron chi connectivity index (χ3n) is 6.58. The van der Waals surface area contributed by atoms with Crippen LogP contribution in [0.5, 0.6) is 0 Å². The highest BCUT2D eigenvalue weighted by atomic mass is 32.2. The fraction of sp³-hybridized carbons (Fsp3) is 0.609. The van der Waals surface area contributed by atoms with E-state index >= 15 is 0 Å². The average Bonchev–Trinajstić information content (AvgIpc) is 3.54. The number of rotatable bonds is 9. The number of carbonyl (C=O) groups excluding carboxylic acids is 1. The van der Waals surface area contributed by atoms with E-state index in [9.17, 15) is 26.4 Å². The Bertz CT molecular complexity index is 1290. The second kappa shape index (κ2) is 11.5. The van der Waals surface area contributed by atoms with Gasteiger partial charge >= 0.3 is 21.5 Å². The molecule has 1 aromatic heterocycles. The van der Waals surface area contributed by atoms with Crippen molar-refractivity contribution in [2.24, 2.45) is 10.2 Å². The van der Waals surface area contributed by atoms with Crippen molar-refractivity contribution in [1.29, 1.82) is 0 Å². The van der Waals surface area contributed by atoms with Gasteiger partial charge in [0, 0.05) is 18.3 Å². The Kier molecular flexibility index (Phi) is 8.55. The summed E-state index contributed by atoms with van der Waals surface area (Å²) in [4.78, 5) is 14.4. The maximum Gasteiger partial charge on any atom is 0.516 e. The fourth-order valence-electron chi connectivity index (χ4n) is 4.52. The highest BCUT2D eigenvalue weighted by molar-refractivity contribution is 7.93. The van der Waals surface area contributed by atoms with Crippen LogP contribution in [0.25, 0.3) is 0 Å². The SMILES string of the molecule is CCCCN1c2cc(NS(=O)(=O)C(F)(F)F)c(N=Nc3nnc(C(=O)OC4CCCC4)s3)cc2CCC1C. The van der Waals surface area contributed by atoms with Crippen molar-refractivity contribution in [3.8, 4) is 0 Å². The number of unbranched alkanes of at least 4 members (excludes halogenated alkanes) is 1. The third-order valence-corrected chi connectivity index (χ3v) is 8.47. The van der Waals surface area contributed by atoms with Gasteiger partial charge in [0.05, 0.1) is 5.69 Å². The molecule has 0 spiro atoms. The molecule has 1 aliphatic heterocycles. The lowest BCUT2D eigenvalue weighted by molar-refractivity contribution is -0.0429. The molecule has 1 unspecified atom stereocenters. The summed E-state index contributed by atoms with van der Waals surface area (Å²) in [5.74, 6) is -0.621. The van der Waals surface area contributed by atoms with Crippen LogP contribution in [0, 0.1) is 0 Å². The van der Waals surface area contributed by atoms with Crippen molar-refractivity contribution in [2.75, 3.05) is 16.2 Å². The van der Waals surface area contributed by atoms with E-state index in [0.29, 0.717) is 18.7 Å². The number of benzene rings is 1. The lowest BCUT2D eigenvalue weighted by Gasteiger charge is -2.37. The van der Waals surface area contributed by atoms with Gasteiger partial charge in [-0.2, -0.15) is 21.6 Å². The zero-order valence-corrected chi connectivity index (χ0v) is 22.6. The van der Waals surface area contributed by atoms with Gasteiger partial charge in [0.2, 0.25) is 5.01 Å². The number of fused-ring (bicyclic) bond motifs is 1. The van der Waals surface area contributed by atoms with Gasteiger partial charge in [-0.15, -0.1) is 20.4 Å². The van der Waals surface area contributed by atoms with Gasteiger partial charge in [0.15, 0.2) is 0 Å². The average molecular weight is 575 g/mol. The van der Waals surface area contributed by atoms with E-state index in [1.54, 1.807) is 4.72 Å². The summed E-state index contributed by atoms with van der Waals surface area (Å²) in [5.41, 5.74) is -4.50. The molecule has 0 radical (unpaired) electrons. The van der Waals surface area contributed by atoms with Crippen molar-refractivity contribution < 1.29 is 31.1 Å². The van der Waals surface area contributed by atoms with E-state index in [1.165, 1.54) is 12.1 Å². The molecule has 0 saturated heterocycles. The number of anilines is 2. The van der Waals surface area contributed by atoms with Crippen LogP contribution >= 0.6 is 11.3 Å². The maximum absolute atomic E-state index is 13.2. The summed E-state index contributed by atoms with van der Waals surface area (Å²) in [7, 11) is -5.71. The first-order valence-electron chi connectivity index (χ1n) is 12.5. The van der Waals surface area contributed by atoms with Gasteiger partial charge in [-0.05, 0) is 69.6 Å². The highest BCUT2D eigenvalue weighted by Crippen LogP contribution is 2.41. The number of carbonyl (C=O) groups is 1. The summed E-state index contributed by atoms with van der Waals surface area (Å²) >= 11 is 0.821. The number of nitrogens with one attached hydrogen (secondary N) is 1. The monoisotopic (exact) mass is 574 g/mol. The Morgan fingerprint density at radius 2 is 1.95 bits per heavy atom. The minimum atomic E-state index is -5.71. The van der Waals surface area contributed by atoms with Crippen molar-refractivity contribution in [3.63, 3.8) is 0 Å². The topological polar surface area (TPSA) is 126 Å². The zero-order chi connectivity index (χ0) is 27.5. The summed E-state index contributed by atoms with van der Waals surface area (Å²) < 4.78 is 70.5. The highest BCUT2D eigenvalue weighted by Gasteiger charge is 2.46. The minimum absolute atomic E-state index is 0.0187. The number of azo groups is 1. The van der Waals surface area contributed by atoms with Crippen molar-refractivity contribution in [3.05, 3.63) is 22.7 Å². The number of hydrogen-bond acceptors (Lipinski definition) is 10. The van der Waals surface area contributed by atoms with Crippen molar-refractivity contribution in [1.82, 2.24) is 10.2 Å². The predicted octanol–water partition coefficient (Wildman–Crippen LogP) is 6.26. The first kappa shape index (κ1) is 28.2. The molecule has 2 heterocycles. The molecule has 1 aromatic carbocycles.